The average Bonchev–Trinajstić information content (AvgIpc) is 3.41. The van der Waals surface area contributed by atoms with Gasteiger partial charge in [-0.05, 0) is 75.5 Å². The van der Waals surface area contributed by atoms with Crippen molar-refractivity contribution < 1.29 is 28.9 Å². The van der Waals surface area contributed by atoms with Crippen molar-refractivity contribution in [2.24, 2.45) is 28.6 Å². The third-order valence-electron chi connectivity index (χ3n) is 10.4. The fourth-order valence-electron chi connectivity index (χ4n) is 9.03. The van der Waals surface area contributed by atoms with Gasteiger partial charge in [0.1, 0.15) is 17.3 Å². The molecule has 0 bridgehead atoms. The normalized spacial score (nSPS) is 47.1. The van der Waals surface area contributed by atoms with Crippen molar-refractivity contribution in [3.63, 3.8) is 0 Å². The van der Waals surface area contributed by atoms with Crippen LogP contribution in [0.2, 0.25) is 0 Å². The van der Waals surface area contributed by atoms with E-state index in [0.29, 0.717) is 24.4 Å². The van der Waals surface area contributed by atoms with Crippen molar-refractivity contribution in [3.8, 4) is 0 Å². The van der Waals surface area contributed by atoms with Gasteiger partial charge in [-0.2, -0.15) is 0 Å². The molecule has 1 saturated heterocycles. The van der Waals surface area contributed by atoms with E-state index >= 15 is 0 Å². The second-order valence-electron chi connectivity index (χ2n) is 12.0. The average molecular weight is 461 g/mol. The van der Waals surface area contributed by atoms with Gasteiger partial charge in [0.2, 0.25) is 0 Å². The third-order valence-corrected chi connectivity index (χ3v) is 10.4. The molecule has 1 aliphatic heterocycles. The van der Waals surface area contributed by atoms with Crippen LogP contribution in [0.5, 0.6) is 0 Å². The third kappa shape index (κ3) is 3.19. The SMILES string of the molecule is CCOC(=O)C[C@@](C)(O)[C@@]12O[C@@H]1C[C@H]1[C@@H]3CC=C4C[C@H](OC(C)=O)CC[C@]4(C)[C@H]3CC[C@@]12C. The van der Waals surface area contributed by atoms with Crippen LogP contribution in [0.4, 0.5) is 0 Å². The van der Waals surface area contributed by atoms with Crippen LogP contribution in [0.25, 0.3) is 0 Å². The van der Waals surface area contributed by atoms with E-state index in [-0.39, 0.29) is 41.4 Å². The molecule has 0 spiro atoms. The maximum atomic E-state index is 12.3. The molecule has 0 aromatic heterocycles. The number of rotatable bonds is 5. The summed E-state index contributed by atoms with van der Waals surface area (Å²) < 4.78 is 17.0. The van der Waals surface area contributed by atoms with Crippen molar-refractivity contribution >= 4 is 11.9 Å². The van der Waals surface area contributed by atoms with Crippen molar-refractivity contribution in [1.29, 1.82) is 0 Å². The summed E-state index contributed by atoms with van der Waals surface area (Å²) in [6.45, 7) is 10.1. The molecular formula is C27H40O6. The Morgan fingerprint density at radius 3 is 2.70 bits per heavy atom. The second-order valence-corrected chi connectivity index (χ2v) is 12.0. The van der Waals surface area contributed by atoms with Crippen molar-refractivity contribution in [3.05, 3.63) is 11.6 Å². The largest absolute Gasteiger partial charge is 0.466 e. The Morgan fingerprint density at radius 1 is 1.24 bits per heavy atom. The molecule has 0 unspecified atom stereocenters. The van der Waals surface area contributed by atoms with Crippen molar-refractivity contribution in [1.82, 2.24) is 0 Å². The minimum absolute atomic E-state index is 0.0148. The van der Waals surface area contributed by atoms with E-state index in [1.54, 1.807) is 13.8 Å². The van der Waals surface area contributed by atoms with E-state index in [2.05, 4.69) is 19.9 Å². The topological polar surface area (TPSA) is 85.4 Å². The summed E-state index contributed by atoms with van der Waals surface area (Å²) in [6, 6.07) is 0. The molecule has 4 fully saturated rings. The predicted molar refractivity (Wildman–Crippen MR) is 122 cm³/mol. The van der Waals surface area contributed by atoms with E-state index in [0.717, 1.165) is 44.9 Å². The zero-order valence-electron chi connectivity index (χ0n) is 20.8. The van der Waals surface area contributed by atoms with Crippen molar-refractivity contribution in [2.75, 3.05) is 6.61 Å². The predicted octanol–water partition coefficient (Wildman–Crippen LogP) is 4.33. The molecule has 0 amide bonds. The minimum Gasteiger partial charge on any atom is -0.466 e. The Bertz CT molecular complexity index is 878. The van der Waals surface area contributed by atoms with Crippen LogP contribution in [-0.4, -0.2) is 47.1 Å². The maximum absolute atomic E-state index is 12.3. The number of fused-ring (bicyclic) bond motifs is 7. The smallest absolute Gasteiger partial charge is 0.308 e. The molecule has 5 aliphatic rings. The lowest BCUT2D eigenvalue weighted by Gasteiger charge is -2.59. The van der Waals surface area contributed by atoms with Gasteiger partial charge in [0, 0.05) is 18.8 Å². The Balaban J connectivity index is 1.39. The highest BCUT2D eigenvalue weighted by atomic mass is 16.6. The fourth-order valence-corrected chi connectivity index (χ4v) is 9.03. The number of carbonyl (C=O) groups is 2. The number of epoxide rings is 1. The molecule has 9 atom stereocenters. The first-order chi connectivity index (χ1) is 15.5. The number of allylic oxidation sites excluding steroid dienone is 1. The summed E-state index contributed by atoms with van der Waals surface area (Å²) >= 11 is 0. The molecule has 0 aromatic carbocycles. The standard InChI is InChI=1S/C27H40O6/c1-6-31-23(29)15-26(5,30)27-22(33-27)14-21-19-8-7-17-13-18(32-16(2)28)9-11-24(17,3)20(19)10-12-25(21,27)4/h7,18-22,30H,6,8-15H2,1-5H3/t18-,19-,20+,21+,22-,24+,25+,26-,27-/m1/s1. The fraction of sp³-hybridized carbons (Fsp3) is 0.852. The molecule has 6 heteroatoms. The molecule has 1 N–H and O–H groups in total. The summed E-state index contributed by atoms with van der Waals surface area (Å²) in [5, 5.41) is 11.6. The molecule has 184 valence electrons. The maximum Gasteiger partial charge on any atom is 0.308 e. The van der Waals surface area contributed by atoms with E-state index < -0.39 is 11.2 Å². The molecule has 0 aromatic rings. The summed E-state index contributed by atoms with van der Waals surface area (Å²) in [5.74, 6) is 1.11. The first kappa shape index (κ1) is 23.3. The van der Waals surface area contributed by atoms with Gasteiger partial charge in [-0.25, -0.2) is 0 Å². The second kappa shape index (κ2) is 7.55. The van der Waals surface area contributed by atoms with Gasteiger partial charge in [0.15, 0.2) is 0 Å². The molecule has 1 heterocycles. The van der Waals surface area contributed by atoms with E-state index in [4.69, 9.17) is 14.2 Å². The molecule has 0 radical (unpaired) electrons. The van der Waals surface area contributed by atoms with Crippen LogP contribution in [0, 0.1) is 28.6 Å². The quantitative estimate of drug-likeness (QED) is 0.373. The first-order valence-electron chi connectivity index (χ1n) is 12.9. The number of aliphatic hydroxyl groups is 1. The lowest BCUT2D eigenvalue weighted by molar-refractivity contribution is -0.165. The van der Waals surface area contributed by atoms with Crippen LogP contribution in [0.1, 0.15) is 86.0 Å². The Kier molecular flexibility index (Phi) is 5.34. The number of ether oxygens (including phenoxy) is 3. The highest BCUT2D eigenvalue weighted by molar-refractivity contribution is 5.71. The van der Waals surface area contributed by atoms with E-state index in [9.17, 15) is 14.7 Å². The summed E-state index contributed by atoms with van der Waals surface area (Å²) in [4.78, 5) is 23.8. The lowest BCUT2D eigenvalue weighted by Crippen LogP contribution is -2.59. The van der Waals surface area contributed by atoms with Crippen LogP contribution in [0.15, 0.2) is 11.6 Å². The Labute approximate surface area is 197 Å². The molecule has 6 nitrogen and oxygen atoms in total. The number of hydrogen-bond acceptors (Lipinski definition) is 6. The molecule has 33 heavy (non-hydrogen) atoms. The van der Waals surface area contributed by atoms with E-state index in [1.807, 2.05) is 0 Å². The molecule has 5 rings (SSSR count). The summed E-state index contributed by atoms with van der Waals surface area (Å²) in [5.41, 5.74) is -0.392. The van der Waals surface area contributed by atoms with Gasteiger partial charge in [-0.1, -0.05) is 25.5 Å². The first-order valence-corrected chi connectivity index (χ1v) is 12.9. The molecule has 4 aliphatic carbocycles. The zero-order valence-corrected chi connectivity index (χ0v) is 20.8. The van der Waals surface area contributed by atoms with Crippen LogP contribution < -0.4 is 0 Å². The Hall–Kier alpha value is -1.40. The van der Waals surface area contributed by atoms with Gasteiger partial charge >= 0.3 is 11.9 Å². The number of esters is 2. The lowest BCUT2D eigenvalue weighted by atomic mass is 9.46. The monoisotopic (exact) mass is 460 g/mol. The highest BCUT2D eigenvalue weighted by Gasteiger charge is 2.82. The number of carbonyl (C=O) groups excluding carboxylic acids is 2. The zero-order chi connectivity index (χ0) is 23.8. The Morgan fingerprint density at radius 2 is 2.00 bits per heavy atom. The van der Waals surface area contributed by atoms with Crippen LogP contribution in [0.3, 0.4) is 0 Å². The van der Waals surface area contributed by atoms with Crippen LogP contribution >= 0.6 is 0 Å². The molecular weight excluding hydrogens is 420 g/mol. The van der Waals surface area contributed by atoms with Gasteiger partial charge < -0.3 is 19.3 Å². The van der Waals surface area contributed by atoms with Crippen LogP contribution in [-0.2, 0) is 23.8 Å². The van der Waals surface area contributed by atoms with E-state index in [1.165, 1.54) is 12.5 Å². The summed E-state index contributed by atoms with van der Waals surface area (Å²) in [6.07, 6.45) is 9.44. The molecule has 3 saturated carbocycles. The minimum atomic E-state index is -1.23. The van der Waals surface area contributed by atoms with Gasteiger partial charge in [0.05, 0.1) is 19.1 Å². The number of hydrogen-bond donors (Lipinski definition) is 1. The van der Waals surface area contributed by atoms with Gasteiger partial charge in [-0.15, -0.1) is 0 Å². The van der Waals surface area contributed by atoms with Gasteiger partial charge in [0.25, 0.3) is 0 Å². The van der Waals surface area contributed by atoms with Gasteiger partial charge in [-0.3, -0.25) is 9.59 Å². The highest BCUT2D eigenvalue weighted by Crippen LogP contribution is 2.75. The van der Waals surface area contributed by atoms with Crippen molar-refractivity contribution in [2.45, 2.75) is 109 Å². The summed E-state index contributed by atoms with van der Waals surface area (Å²) in [7, 11) is 0.